The van der Waals surface area contributed by atoms with Crippen molar-refractivity contribution < 1.29 is 5.11 Å². The zero-order chi connectivity index (χ0) is 8.81. The summed E-state index contributed by atoms with van der Waals surface area (Å²) in [5.41, 5.74) is 0.990. The molecule has 12 heavy (non-hydrogen) atoms. The maximum atomic E-state index is 9.37. The highest BCUT2D eigenvalue weighted by Gasteiger charge is 1.97. The summed E-state index contributed by atoms with van der Waals surface area (Å²) in [6, 6.07) is 7.41. The van der Waals surface area contributed by atoms with Crippen molar-refractivity contribution in [2.24, 2.45) is 0 Å². The lowest BCUT2D eigenvalue weighted by Crippen LogP contribution is -1.81. The van der Waals surface area contributed by atoms with Gasteiger partial charge in [-0.25, -0.2) is 0 Å². The molecule has 64 valence electrons. The Morgan fingerprint density at radius 2 is 2.17 bits per heavy atom. The van der Waals surface area contributed by atoms with Gasteiger partial charge >= 0.3 is 0 Å². The monoisotopic (exact) mass is 180 g/mol. The topological polar surface area (TPSA) is 20.2 Å². The second-order valence-electron chi connectivity index (χ2n) is 2.43. The normalized spacial score (nSPS) is 9.67. The van der Waals surface area contributed by atoms with Gasteiger partial charge in [-0.2, -0.15) is 11.8 Å². The molecule has 0 saturated carbocycles. The smallest absolute Gasteiger partial charge is 0.119 e. The van der Waals surface area contributed by atoms with E-state index in [4.69, 9.17) is 0 Å². The molecule has 1 aromatic rings. The molecule has 0 bridgehead atoms. The molecule has 1 aromatic carbocycles. The zero-order valence-electron chi connectivity index (χ0n) is 6.86. The molecule has 0 saturated heterocycles. The molecule has 0 aliphatic carbocycles. The quantitative estimate of drug-likeness (QED) is 0.568. The third kappa shape index (κ3) is 2.62. The maximum absolute atomic E-state index is 9.37. The van der Waals surface area contributed by atoms with Crippen LogP contribution < -0.4 is 0 Å². The first-order chi connectivity index (χ1) is 5.84. The number of aromatic hydroxyl groups is 1. The lowest BCUT2D eigenvalue weighted by atomic mass is 10.2. The fraction of sp³-hybridized carbons (Fsp3) is 0.200. The average Bonchev–Trinajstić information content (AvgIpc) is 2.09. The van der Waals surface area contributed by atoms with Crippen molar-refractivity contribution in [3.63, 3.8) is 0 Å². The predicted molar refractivity (Wildman–Crippen MR) is 54.5 cm³/mol. The van der Waals surface area contributed by atoms with Crippen LogP contribution >= 0.6 is 11.8 Å². The summed E-state index contributed by atoms with van der Waals surface area (Å²) >= 11 is 1.74. The number of para-hydroxylation sites is 1. The van der Waals surface area contributed by atoms with Gasteiger partial charge in [-0.05, 0) is 6.07 Å². The lowest BCUT2D eigenvalue weighted by Gasteiger charge is -2.01. The first kappa shape index (κ1) is 9.20. The average molecular weight is 180 g/mol. The number of phenols is 1. The van der Waals surface area contributed by atoms with Gasteiger partial charge in [0.2, 0.25) is 0 Å². The van der Waals surface area contributed by atoms with Crippen molar-refractivity contribution in [1.29, 1.82) is 0 Å². The van der Waals surface area contributed by atoms with Gasteiger partial charge in [-0.1, -0.05) is 24.3 Å². The molecule has 2 heteroatoms. The van der Waals surface area contributed by atoms with E-state index < -0.39 is 0 Å². The fourth-order valence-corrected chi connectivity index (χ4v) is 1.63. The van der Waals surface area contributed by atoms with Crippen molar-refractivity contribution >= 4 is 11.8 Å². The first-order valence-electron chi connectivity index (χ1n) is 3.80. The molecule has 1 nitrogen and oxygen atoms in total. The Morgan fingerprint density at radius 3 is 2.83 bits per heavy atom. The second-order valence-corrected chi connectivity index (χ2v) is 3.46. The highest BCUT2D eigenvalue weighted by Crippen LogP contribution is 2.21. The molecule has 0 unspecified atom stereocenters. The minimum Gasteiger partial charge on any atom is -0.508 e. The number of hydrogen-bond donors (Lipinski definition) is 1. The molecule has 0 fully saturated rings. The molecule has 1 N–H and O–H groups in total. The van der Waals surface area contributed by atoms with Crippen LogP contribution in [0.4, 0.5) is 0 Å². The summed E-state index contributed by atoms with van der Waals surface area (Å²) in [5, 5.41) is 9.37. The number of phenolic OH excluding ortho intramolecular Hbond substituents is 1. The molecular formula is C10H12OS. The molecule has 0 heterocycles. The Morgan fingerprint density at radius 1 is 1.42 bits per heavy atom. The van der Waals surface area contributed by atoms with Gasteiger partial charge < -0.3 is 5.11 Å². The van der Waals surface area contributed by atoms with Crippen molar-refractivity contribution in [2.75, 3.05) is 5.75 Å². The van der Waals surface area contributed by atoms with Crippen LogP contribution in [-0.2, 0) is 5.75 Å². The molecule has 0 spiro atoms. The third-order valence-electron chi connectivity index (χ3n) is 1.48. The molecule has 0 aliphatic rings. The lowest BCUT2D eigenvalue weighted by molar-refractivity contribution is 0.470. The van der Waals surface area contributed by atoms with Crippen LogP contribution in [0.2, 0.25) is 0 Å². The molecule has 0 aliphatic heterocycles. The van der Waals surface area contributed by atoms with E-state index in [2.05, 4.69) is 6.58 Å². The molecule has 1 rings (SSSR count). The third-order valence-corrected chi connectivity index (χ3v) is 2.47. The van der Waals surface area contributed by atoms with E-state index in [1.165, 1.54) is 0 Å². The van der Waals surface area contributed by atoms with Crippen molar-refractivity contribution in [1.82, 2.24) is 0 Å². The van der Waals surface area contributed by atoms with Crippen molar-refractivity contribution in [3.8, 4) is 5.75 Å². The van der Waals surface area contributed by atoms with Crippen LogP contribution in [0.3, 0.4) is 0 Å². The SMILES string of the molecule is C=CCSCc1ccccc1O. The molecule has 0 radical (unpaired) electrons. The van der Waals surface area contributed by atoms with Crippen molar-refractivity contribution in [3.05, 3.63) is 42.5 Å². The number of rotatable bonds is 4. The summed E-state index contributed by atoms with van der Waals surface area (Å²) in [6.07, 6.45) is 1.87. The standard InChI is InChI=1S/C10H12OS/c1-2-7-12-8-9-5-3-4-6-10(9)11/h2-6,11H,1,7-8H2. The van der Waals surface area contributed by atoms with E-state index in [0.717, 1.165) is 17.1 Å². The van der Waals surface area contributed by atoms with Gasteiger partial charge in [0.15, 0.2) is 0 Å². The summed E-state index contributed by atoms with van der Waals surface area (Å²) in [6.45, 7) is 3.63. The van der Waals surface area contributed by atoms with E-state index in [-0.39, 0.29) is 0 Å². The van der Waals surface area contributed by atoms with Crippen LogP contribution in [0, 0.1) is 0 Å². The van der Waals surface area contributed by atoms with Crippen LogP contribution in [0.1, 0.15) is 5.56 Å². The number of hydrogen-bond acceptors (Lipinski definition) is 2. The summed E-state index contributed by atoms with van der Waals surface area (Å²) in [5.74, 6) is 2.15. The van der Waals surface area contributed by atoms with E-state index in [0.29, 0.717) is 5.75 Å². The highest BCUT2D eigenvalue weighted by molar-refractivity contribution is 7.98. The minimum atomic E-state index is 0.383. The van der Waals surface area contributed by atoms with E-state index in [9.17, 15) is 5.11 Å². The van der Waals surface area contributed by atoms with E-state index in [1.807, 2.05) is 24.3 Å². The summed E-state index contributed by atoms with van der Waals surface area (Å²) in [7, 11) is 0. The van der Waals surface area contributed by atoms with Gasteiger partial charge in [0, 0.05) is 17.1 Å². The Labute approximate surface area is 77.1 Å². The Hall–Kier alpha value is -0.890. The van der Waals surface area contributed by atoms with Gasteiger partial charge in [-0.15, -0.1) is 6.58 Å². The van der Waals surface area contributed by atoms with Gasteiger partial charge in [0.05, 0.1) is 0 Å². The highest BCUT2D eigenvalue weighted by atomic mass is 32.2. The number of benzene rings is 1. The zero-order valence-corrected chi connectivity index (χ0v) is 7.68. The Bertz CT molecular complexity index is 258. The summed E-state index contributed by atoms with van der Waals surface area (Å²) < 4.78 is 0. The largest absolute Gasteiger partial charge is 0.508 e. The van der Waals surface area contributed by atoms with Crippen LogP contribution in [0.25, 0.3) is 0 Å². The first-order valence-corrected chi connectivity index (χ1v) is 4.95. The Balaban J connectivity index is 2.51. The molecule has 0 aromatic heterocycles. The Kier molecular flexibility index (Phi) is 3.74. The predicted octanol–water partition coefficient (Wildman–Crippen LogP) is 2.81. The van der Waals surface area contributed by atoms with Crippen LogP contribution in [-0.4, -0.2) is 10.9 Å². The van der Waals surface area contributed by atoms with Gasteiger partial charge in [-0.3, -0.25) is 0 Å². The van der Waals surface area contributed by atoms with Crippen molar-refractivity contribution in [2.45, 2.75) is 5.75 Å². The minimum absolute atomic E-state index is 0.383. The number of thioether (sulfide) groups is 1. The van der Waals surface area contributed by atoms with E-state index >= 15 is 0 Å². The van der Waals surface area contributed by atoms with Gasteiger partial charge in [0.1, 0.15) is 5.75 Å². The molecule has 0 atom stereocenters. The van der Waals surface area contributed by atoms with Crippen LogP contribution in [0.15, 0.2) is 36.9 Å². The van der Waals surface area contributed by atoms with E-state index in [1.54, 1.807) is 17.8 Å². The second kappa shape index (κ2) is 4.88. The maximum Gasteiger partial charge on any atom is 0.119 e. The van der Waals surface area contributed by atoms with Gasteiger partial charge in [0.25, 0.3) is 0 Å². The molecule has 0 amide bonds. The van der Waals surface area contributed by atoms with Crippen LogP contribution in [0.5, 0.6) is 5.75 Å². The molecular weight excluding hydrogens is 168 g/mol. The fourth-order valence-electron chi connectivity index (χ4n) is 0.885. The summed E-state index contributed by atoms with van der Waals surface area (Å²) in [4.78, 5) is 0.